The normalized spacial score (nSPS) is 10.7. The summed E-state index contributed by atoms with van der Waals surface area (Å²) in [6.45, 7) is 1.92. The molecule has 0 heterocycles. The van der Waals surface area contributed by atoms with E-state index in [1.807, 2.05) is 0 Å². The average Bonchev–Trinajstić information content (AvgIpc) is 2.30. The van der Waals surface area contributed by atoms with Crippen LogP contribution in [0.5, 0.6) is 0 Å². The number of aliphatic carboxylic acids is 1. The molecule has 0 aromatic heterocycles. The van der Waals surface area contributed by atoms with Gasteiger partial charge in [-0.25, -0.2) is 4.79 Å². The monoisotopic (exact) mass is 245 g/mol. The van der Waals surface area contributed by atoms with E-state index in [4.69, 9.17) is 14.6 Å². The summed E-state index contributed by atoms with van der Waals surface area (Å²) in [6.07, 6.45) is 2.58. The Morgan fingerprint density at radius 1 is 1.12 bits per heavy atom. The van der Waals surface area contributed by atoms with E-state index in [9.17, 15) is 9.59 Å². The highest BCUT2D eigenvalue weighted by molar-refractivity contribution is 5.93. The summed E-state index contributed by atoms with van der Waals surface area (Å²) < 4.78 is 9.78. The molecule has 1 N–H and O–H groups in total. The number of hydrogen-bond acceptors (Lipinski definition) is 4. The minimum Gasteiger partial charge on any atom is -0.478 e. The molecular weight excluding hydrogens is 226 g/mol. The maximum absolute atomic E-state index is 11.6. The minimum absolute atomic E-state index is 0.333. The van der Waals surface area contributed by atoms with Gasteiger partial charge in [-0.3, -0.25) is 4.79 Å². The number of methoxy groups -OCH3 is 2. The Morgan fingerprint density at radius 2 is 1.76 bits per heavy atom. The fraction of sp³-hybridized carbons (Fsp3) is 0.636. The van der Waals surface area contributed by atoms with E-state index in [0.29, 0.717) is 32.7 Å². The molecule has 1 amide bonds. The molecule has 6 heteroatoms. The number of amides is 1. The Kier molecular flexibility index (Phi) is 8.99. The van der Waals surface area contributed by atoms with Gasteiger partial charge in [0, 0.05) is 46.1 Å². The van der Waals surface area contributed by atoms with E-state index in [1.54, 1.807) is 14.2 Å². The van der Waals surface area contributed by atoms with Gasteiger partial charge in [-0.15, -0.1) is 0 Å². The van der Waals surface area contributed by atoms with Crippen LogP contribution in [0.3, 0.4) is 0 Å². The first-order valence-corrected chi connectivity index (χ1v) is 5.29. The molecule has 0 saturated carbocycles. The topological polar surface area (TPSA) is 76.1 Å². The van der Waals surface area contributed by atoms with Crippen molar-refractivity contribution in [1.82, 2.24) is 4.90 Å². The molecule has 0 atom stereocenters. The van der Waals surface area contributed by atoms with Crippen molar-refractivity contribution < 1.29 is 24.2 Å². The van der Waals surface area contributed by atoms with E-state index in [1.165, 1.54) is 4.90 Å². The molecule has 0 unspecified atom stereocenters. The summed E-state index contributed by atoms with van der Waals surface area (Å²) in [7, 11) is 3.14. The summed E-state index contributed by atoms with van der Waals surface area (Å²) in [6, 6.07) is 0. The van der Waals surface area contributed by atoms with Crippen molar-refractivity contribution in [2.75, 3.05) is 40.5 Å². The van der Waals surface area contributed by atoms with Crippen LogP contribution < -0.4 is 0 Å². The molecule has 0 spiro atoms. The first-order valence-electron chi connectivity index (χ1n) is 5.29. The summed E-state index contributed by atoms with van der Waals surface area (Å²) in [5.41, 5.74) is 0. The fourth-order valence-corrected chi connectivity index (χ4v) is 1.18. The third-order valence-corrected chi connectivity index (χ3v) is 2.02. The first kappa shape index (κ1) is 15.6. The zero-order valence-electron chi connectivity index (χ0n) is 10.2. The second-order valence-electron chi connectivity index (χ2n) is 3.34. The quantitative estimate of drug-likeness (QED) is 0.462. The third-order valence-electron chi connectivity index (χ3n) is 2.02. The Labute approximate surface area is 101 Å². The molecular formula is C11H19NO5. The molecule has 0 aliphatic heterocycles. The van der Waals surface area contributed by atoms with Crippen LogP contribution in [0.15, 0.2) is 12.2 Å². The molecule has 0 bridgehead atoms. The fourth-order valence-electron chi connectivity index (χ4n) is 1.18. The van der Waals surface area contributed by atoms with Crippen molar-refractivity contribution in [2.24, 2.45) is 0 Å². The molecule has 0 rings (SSSR count). The second kappa shape index (κ2) is 9.80. The highest BCUT2D eigenvalue weighted by Crippen LogP contribution is 1.95. The van der Waals surface area contributed by atoms with Crippen LogP contribution in [0.2, 0.25) is 0 Å². The van der Waals surface area contributed by atoms with Gasteiger partial charge >= 0.3 is 5.97 Å². The lowest BCUT2D eigenvalue weighted by molar-refractivity contribution is -0.132. The summed E-state index contributed by atoms with van der Waals surface area (Å²) in [5.74, 6) is -1.47. The van der Waals surface area contributed by atoms with Crippen molar-refractivity contribution in [1.29, 1.82) is 0 Å². The van der Waals surface area contributed by atoms with Crippen LogP contribution in [0.25, 0.3) is 0 Å². The molecule has 0 radical (unpaired) electrons. The SMILES string of the molecule is COCCCN(CCOC)C(=O)/C=C/C(=O)O. The lowest BCUT2D eigenvalue weighted by Crippen LogP contribution is -2.34. The van der Waals surface area contributed by atoms with E-state index in [2.05, 4.69) is 0 Å². The standard InChI is InChI=1S/C11H19NO5/c1-16-8-3-6-12(7-9-17-2)10(13)4-5-11(14)15/h4-5H,3,6-9H2,1-2H3,(H,14,15)/b5-4+. The molecule has 0 fully saturated rings. The number of ether oxygens (including phenoxy) is 2. The highest BCUT2D eigenvalue weighted by Gasteiger charge is 2.10. The largest absolute Gasteiger partial charge is 0.478 e. The van der Waals surface area contributed by atoms with E-state index < -0.39 is 5.97 Å². The first-order chi connectivity index (χ1) is 8.11. The second-order valence-corrected chi connectivity index (χ2v) is 3.34. The highest BCUT2D eigenvalue weighted by atomic mass is 16.5. The maximum atomic E-state index is 11.6. The minimum atomic E-state index is -1.14. The number of carbonyl (C=O) groups is 2. The summed E-state index contributed by atoms with van der Waals surface area (Å²) >= 11 is 0. The summed E-state index contributed by atoms with van der Waals surface area (Å²) in [4.78, 5) is 23.5. The molecule has 0 saturated heterocycles. The van der Waals surface area contributed by atoms with E-state index in [-0.39, 0.29) is 5.91 Å². The van der Waals surface area contributed by atoms with Crippen LogP contribution >= 0.6 is 0 Å². The molecule has 6 nitrogen and oxygen atoms in total. The number of rotatable bonds is 9. The maximum Gasteiger partial charge on any atom is 0.328 e. The lowest BCUT2D eigenvalue weighted by Gasteiger charge is -2.20. The third kappa shape index (κ3) is 8.41. The average molecular weight is 245 g/mol. The van der Waals surface area contributed by atoms with Gasteiger partial charge in [0.15, 0.2) is 0 Å². The summed E-state index contributed by atoms with van der Waals surface area (Å²) in [5, 5.41) is 8.43. The molecule has 0 aliphatic rings. The molecule has 0 aromatic rings. The molecule has 17 heavy (non-hydrogen) atoms. The van der Waals surface area contributed by atoms with E-state index in [0.717, 1.165) is 12.2 Å². The van der Waals surface area contributed by atoms with Gasteiger partial charge in [0.25, 0.3) is 0 Å². The zero-order valence-corrected chi connectivity index (χ0v) is 10.2. The Bertz CT molecular complexity index is 265. The zero-order chi connectivity index (χ0) is 13.1. The number of nitrogens with zero attached hydrogens (tertiary/aromatic N) is 1. The van der Waals surface area contributed by atoms with Crippen molar-refractivity contribution in [2.45, 2.75) is 6.42 Å². The number of carbonyl (C=O) groups excluding carboxylic acids is 1. The Morgan fingerprint density at radius 3 is 2.29 bits per heavy atom. The number of hydrogen-bond donors (Lipinski definition) is 1. The smallest absolute Gasteiger partial charge is 0.328 e. The van der Waals surface area contributed by atoms with Crippen LogP contribution in [0.1, 0.15) is 6.42 Å². The van der Waals surface area contributed by atoms with Gasteiger partial charge in [-0.1, -0.05) is 0 Å². The van der Waals surface area contributed by atoms with Gasteiger partial charge in [0.1, 0.15) is 0 Å². The van der Waals surface area contributed by atoms with Crippen LogP contribution in [0, 0.1) is 0 Å². The molecule has 0 aliphatic carbocycles. The van der Waals surface area contributed by atoms with Crippen molar-refractivity contribution >= 4 is 11.9 Å². The van der Waals surface area contributed by atoms with E-state index >= 15 is 0 Å². The van der Waals surface area contributed by atoms with Gasteiger partial charge in [-0.05, 0) is 6.42 Å². The Balaban J connectivity index is 4.23. The van der Waals surface area contributed by atoms with Crippen molar-refractivity contribution in [3.8, 4) is 0 Å². The predicted molar refractivity (Wildman–Crippen MR) is 61.7 cm³/mol. The lowest BCUT2D eigenvalue weighted by atomic mass is 10.3. The van der Waals surface area contributed by atoms with Gasteiger partial charge in [0.05, 0.1) is 6.61 Å². The number of carboxylic acids is 1. The Hall–Kier alpha value is -1.40. The van der Waals surface area contributed by atoms with Crippen LogP contribution in [0.4, 0.5) is 0 Å². The van der Waals surface area contributed by atoms with Gasteiger partial charge < -0.3 is 19.5 Å². The molecule has 98 valence electrons. The van der Waals surface area contributed by atoms with Crippen LogP contribution in [-0.4, -0.2) is 62.4 Å². The van der Waals surface area contributed by atoms with Crippen molar-refractivity contribution in [3.63, 3.8) is 0 Å². The van der Waals surface area contributed by atoms with Gasteiger partial charge in [0.2, 0.25) is 5.91 Å². The van der Waals surface area contributed by atoms with Crippen molar-refractivity contribution in [3.05, 3.63) is 12.2 Å². The molecule has 0 aromatic carbocycles. The van der Waals surface area contributed by atoms with Gasteiger partial charge in [-0.2, -0.15) is 0 Å². The predicted octanol–water partition coefficient (Wildman–Crippen LogP) is 0.139. The number of carboxylic acid groups (broad SMARTS) is 1. The van der Waals surface area contributed by atoms with Crippen LogP contribution in [-0.2, 0) is 19.1 Å².